The highest BCUT2D eigenvalue weighted by molar-refractivity contribution is 7.89. The Hall–Kier alpha value is -3.31. The fourth-order valence-electron chi connectivity index (χ4n) is 2.83. The molecule has 154 valence electrons. The molecular weight excluding hydrogens is 404 g/mol. The van der Waals surface area contributed by atoms with E-state index in [2.05, 4.69) is 0 Å². The number of methoxy groups -OCH3 is 2. The average Bonchev–Trinajstić information content (AvgIpc) is 2.93. The van der Waals surface area contributed by atoms with E-state index in [1.54, 1.807) is 0 Å². The van der Waals surface area contributed by atoms with Crippen molar-refractivity contribution >= 4 is 27.6 Å². The summed E-state index contributed by atoms with van der Waals surface area (Å²) >= 11 is 0. The topological polar surface area (TPSA) is 134 Å². The number of sulfonamides is 1. The number of ether oxygens (including phenoxy) is 4. The Kier molecular flexibility index (Phi) is 5.62. The number of fused-ring (bicyclic) bond motifs is 1. The van der Waals surface area contributed by atoms with Crippen LogP contribution in [0, 0.1) is 0 Å². The zero-order valence-corrected chi connectivity index (χ0v) is 16.4. The molecule has 2 aliphatic rings. The van der Waals surface area contributed by atoms with Crippen molar-refractivity contribution < 1.29 is 37.0 Å². The van der Waals surface area contributed by atoms with Gasteiger partial charge in [0, 0.05) is 18.3 Å². The number of rotatable bonds is 4. The van der Waals surface area contributed by atoms with E-state index in [-0.39, 0.29) is 46.6 Å². The minimum absolute atomic E-state index is 0.0292. The third-order valence-corrected chi connectivity index (χ3v) is 5.02. The largest absolute Gasteiger partial charge is 0.486 e. The van der Waals surface area contributed by atoms with Gasteiger partial charge in [0.1, 0.15) is 23.8 Å². The van der Waals surface area contributed by atoms with Crippen LogP contribution in [0.25, 0.3) is 0 Å². The summed E-state index contributed by atoms with van der Waals surface area (Å²) < 4.78 is 45.1. The molecule has 2 aliphatic heterocycles. The van der Waals surface area contributed by atoms with Crippen LogP contribution in [-0.4, -0.2) is 47.8 Å². The van der Waals surface area contributed by atoms with Crippen molar-refractivity contribution in [2.45, 2.75) is 4.90 Å². The molecule has 1 aromatic carbocycles. The maximum atomic E-state index is 12.5. The lowest BCUT2D eigenvalue weighted by Crippen LogP contribution is -2.29. The molecule has 2 heterocycles. The zero-order valence-electron chi connectivity index (χ0n) is 15.6. The van der Waals surface area contributed by atoms with Crippen molar-refractivity contribution in [1.82, 2.24) is 0 Å². The van der Waals surface area contributed by atoms with E-state index in [9.17, 15) is 18.0 Å². The second-order valence-electron chi connectivity index (χ2n) is 5.82. The summed E-state index contributed by atoms with van der Waals surface area (Å²) in [4.78, 5) is 25.7. The number of nitrogens with two attached hydrogens (primary N) is 1. The van der Waals surface area contributed by atoms with Crippen LogP contribution in [0.1, 0.15) is 0 Å². The van der Waals surface area contributed by atoms with E-state index in [0.717, 1.165) is 14.2 Å². The van der Waals surface area contributed by atoms with Crippen molar-refractivity contribution in [2.75, 3.05) is 32.3 Å². The number of hydrogen-bond donors (Lipinski definition) is 1. The van der Waals surface area contributed by atoms with Crippen LogP contribution in [0.5, 0.6) is 11.5 Å². The van der Waals surface area contributed by atoms with Crippen LogP contribution in [0.4, 0.5) is 5.69 Å². The summed E-state index contributed by atoms with van der Waals surface area (Å²) in [5.41, 5.74) is -0.427. The van der Waals surface area contributed by atoms with E-state index in [1.807, 2.05) is 0 Å². The first-order valence-electron chi connectivity index (χ1n) is 8.29. The first-order chi connectivity index (χ1) is 13.8. The third-order valence-electron chi connectivity index (χ3n) is 4.08. The first kappa shape index (κ1) is 20.4. The third kappa shape index (κ3) is 3.96. The van der Waals surface area contributed by atoms with E-state index in [1.165, 1.54) is 41.5 Å². The number of hydrogen-bond acceptors (Lipinski definition) is 9. The Morgan fingerprint density at radius 2 is 1.66 bits per heavy atom. The molecular formula is C18H18N2O8S. The highest BCUT2D eigenvalue weighted by Crippen LogP contribution is 2.41. The summed E-state index contributed by atoms with van der Waals surface area (Å²) in [5.74, 6) is -1.26. The van der Waals surface area contributed by atoms with Crippen LogP contribution in [0.2, 0.25) is 0 Å². The van der Waals surface area contributed by atoms with Crippen LogP contribution in [0.3, 0.4) is 0 Å². The number of anilines is 1. The van der Waals surface area contributed by atoms with Gasteiger partial charge in [0.25, 0.3) is 0 Å². The van der Waals surface area contributed by atoms with Gasteiger partial charge in [-0.15, -0.1) is 0 Å². The fourth-order valence-corrected chi connectivity index (χ4v) is 3.55. The molecule has 0 unspecified atom stereocenters. The Morgan fingerprint density at radius 3 is 2.24 bits per heavy atom. The van der Waals surface area contributed by atoms with Gasteiger partial charge in [0.05, 0.1) is 25.5 Å². The standard InChI is InChI=1S/C18H18N2O8S/c1-25-17(21)11-5-3-4-6-20(16(11)18(22)26-2)12-9-13-14(28-8-7-27-13)10-15(12)29(19,23)24/h3-6,9-10H,7-8H2,1-2H3,(H2,19,23,24). The number of nitrogens with zero attached hydrogens (tertiary/aromatic N) is 1. The SMILES string of the molecule is COC(=O)C1=C(C(=O)OC)N(c2cc3c(cc2S(N)(=O)=O)OCCO3)C=CC=C1. The van der Waals surface area contributed by atoms with Crippen molar-refractivity contribution in [3.63, 3.8) is 0 Å². The lowest BCUT2D eigenvalue weighted by Gasteiger charge is -2.27. The van der Waals surface area contributed by atoms with Crippen LogP contribution in [0.15, 0.2) is 52.7 Å². The predicted molar refractivity (Wildman–Crippen MR) is 101 cm³/mol. The van der Waals surface area contributed by atoms with Crippen molar-refractivity contribution in [1.29, 1.82) is 0 Å². The van der Waals surface area contributed by atoms with Crippen LogP contribution in [-0.2, 0) is 29.1 Å². The molecule has 0 aromatic heterocycles. The maximum absolute atomic E-state index is 12.5. The maximum Gasteiger partial charge on any atom is 0.355 e. The second kappa shape index (κ2) is 7.97. The predicted octanol–water partition coefficient (Wildman–Crippen LogP) is 0.595. The van der Waals surface area contributed by atoms with Crippen molar-refractivity contribution in [3.8, 4) is 11.5 Å². The molecule has 3 rings (SSSR count). The smallest absolute Gasteiger partial charge is 0.355 e. The van der Waals surface area contributed by atoms with Gasteiger partial charge >= 0.3 is 11.9 Å². The quantitative estimate of drug-likeness (QED) is 0.692. The van der Waals surface area contributed by atoms with Crippen LogP contribution < -0.4 is 19.5 Å². The molecule has 1 aromatic rings. The van der Waals surface area contributed by atoms with Gasteiger partial charge in [-0.1, -0.05) is 6.08 Å². The number of carbonyl (C=O) groups is 2. The average molecular weight is 422 g/mol. The minimum Gasteiger partial charge on any atom is -0.486 e. The molecule has 10 nitrogen and oxygen atoms in total. The lowest BCUT2D eigenvalue weighted by atomic mass is 10.1. The Bertz CT molecular complexity index is 1060. The van der Waals surface area contributed by atoms with Gasteiger partial charge in [-0.25, -0.2) is 23.1 Å². The van der Waals surface area contributed by atoms with Gasteiger partial charge < -0.3 is 23.8 Å². The molecule has 0 aliphatic carbocycles. The summed E-state index contributed by atoms with van der Waals surface area (Å²) in [6.45, 7) is 0.495. The molecule has 11 heteroatoms. The van der Waals surface area contributed by atoms with E-state index < -0.39 is 22.0 Å². The number of benzene rings is 1. The molecule has 0 radical (unpaired) electrons. The van der Waals surface area contributed by atoms with Gasteiger partial charge in [0.15, 0.2) is 11.5 Å². The Morgan fingerprint density at radius 1 is 1.03 bits per heavy atom. The summed E-state index contributed by atoms with van der Waals surface area (Å²) in [5, 5.41) is 5.40. The number of allylic oxidation sites excluding steroid dienone is 2. The number of primary sulfonamides is 1. The summed E-state index contributed by atoms with van der Waals surface area (Å²) in [6, 6.07) is 2.57. The zero-order chi connectivity index (χ0) is 21.2. The Balaban J connectivity index is 2.32. The highest BCUT2D eigenvalue weighted by Gasteiger charge is 2.32. The van der Waals surface area contributed by atoms with Gasteiger partial charge in [0.2, 0.25) is 10.0 Å². The minimum atomic E-state index is -4.25. The highest BCUT2D eigenvalue weighted by atomic mass is 32.2. The molecule has 0 bridgehead atoms. The van der Waals surface area contributed by atoms with Gasteiger partial charge in [-0.2, -0.15) is 0 Å². The number of esters is 2. The van der Waals surface area contributed by atoms with E-state index in [4.69, 9.17) is 24.1 Å². The van der Waals surface area contributed by atoms with E-state index >= 15 is 0 Å². The van der Waals surface area contributed by atoms with E-state index in [0.29, 0.717) is 0 Å². The Labute approximate surface area is 166 Å². The monoisotopic (exact) mass is 422 g/mol. The van der Waals surface area contributed by atoms with Crippen molar-refractivity contribution in [3.05, 3.63) is 47.8 Å². The molecule has 0 amide bonds. The van der Waals surface area contributed by atoms with Gasteiger partial charge in [-0.05, 0) is 12.2 Å². The second-order valence-corrected chi connectivity index (χ2v) is 7.35. The fraction of sp³-hybridized carbons (Fsp3) is 0.222. The molecule has 29 heavy (non-hydrogen) atoms. The molecule has 0 saturated heterocycles. The molecule has 0 saturated carbocycles. The lowest BCUT2D eigenvalue weighted by molar-refractivity contribution is -0.139. The normalized spacial score (nSPS) is 15.8. The molecule has 0 fully saturated rings. The molecule has 0 spiro atoms. The van der Waals surface area contributed by atoms with Gasteiger partial charge in [-0.3, -0.25) is 0 Å². The van der Waals surface area contributed by atoms with Crippen LogP contribution >= 0.6 is 0 Å². The molecule has 2 N–H and O–H groups in total. The summed E-state index contributed by atoms with van der Waals surface area (Å²) in [6.07, 6.45) is 5.73. The molecule has 0 atom stereocenters. The van der Waals surface area contributed by atoms with Crippen molar-refractivity contribution in [2.24, 2.45) is 5.14 Å². The number of carbonyl (C=O) groups excluding carboxylic acids is 2. The first-order valence-corrected chi connectivity index (χ1v) is 9.84. The summed E-state index contributed by atoms with van der Waals surface area (Å²) in [7, 11) is -1.97.